The Bertz CT molecular complexity index is 712. The Morgan fingerprint density at radius 3 is 2.45 bits per heavy atom. The van der Waals surface area contributed by atoms with Gasteiger partial charge >= 0.3 is 0 Å². The first kappa shape index (κ1) is 14.9. The zero-order valence-corrected chi connectivity index (χ0v) is 13.3. The van der Waals surface area contributed by atoms with Crippen LogP contribution in [0.4, 0.5) is 11.4 Å². The Morgan fingerprint density at radius 1 is 1.15 bits per heavy atom. The van der Waals surface area contributed by atoms with E-state index in [1.54, 1.807) is 36.4 Å². The molecule has 0 aliphatic rings. The molecule has 0 spiro atoms. The molecule has 0 atom stereocenters. The van der Waals surface area contributed by atoms with Crippen molar-refractivity contribution in [3.63, 3.8) is 0 Å². The van der Waals surface area contributed by atoms with Gasteiger partial charge in [0.1, 0.15) is 0 Å². The van der Waals surface area contributed by atoms with Crippen molar-refractivity contribution in [1.82, 2.24) is 0 Å². The van der Waals surface area contributed by atoms with Gasteiger partial charge in [-0.25, -0.2) is 8.42 Å². The highest BCUT2D eigenvalue weighted by Crippen LogP contribution is 2.24. The zero-order chi connectivity index (χ0) is 14.8. The van der Waals surface area contributed by atoms with Crippen LogP contribution in [0.1, 0.15) is 11.1 Å². The number of nitrogen functional groups attached to an aromatic ring is 1. The number of hydrogen-bond acceptors (Lipinski definition) is 3. The number of nitrogens with two attached hydrogens (primary N) is 1. The molecule has 20 heavy (non-hydrogen) atoms. The fourth-order valence-electron chi connectivity index (χ4n) is 1.75. The standard InChI is InChI=1S/C14H15BrN2O2S/c1-10-13(15)3-2-4-14(10)17-20(18,19)9-11-5-7-12(16)8-6-11/h2-8,17H,9,16H2,1H3. The molecule has 6 heteroatoms. The number of hydrogen-bond donors (Lipinski definition) is 2. The maximum absolute atomic E-state index is 12.2. The molecule has 0 aliphatic heterocycles. The van der Waals surface area contributed by atoms with E-state index in [0.717, 1.165) is 10.0 Å². The highest BCUT2D eigenvalue weighted by atomic mass is 79.9. The van der Waals surface area contributed by atoms with Crippen molar-refractivity contribution in [1.29, 1.82) is 0 Å². The molecule has 2 rings (SSSR count). The van der Waals surface area contributed by atoms with Crippen LogP contribution in [0.25, 0.3) is 0 Å². The van der Waals surface area contributed by atoms with Crippen LogP contribution >= 0.6 is 15.9 Å². The third-order valence-electron chi connectivity index (χ3n) is 2.87. The van der Waals surface area contributed by atoms with Crippen LogP contribution in [0.3, 0.4) is 0 Å². The van der Waals surface area contributed by atoms with Gasteiger partial charge in [-0.3, -0.25) is 4.72 Å². The topological polar surface area (TPSA) is 72.2 Å². The number of benzene rings is 2. The van der Waals surface area contributed by atoms with Crippen LogP contribution in [0, 0.1) is 6.92 Å². The second-order valence-electron chi connectivity index (χ2n) is 4.52. The third kappa shape index (κ3) is 3.74. The molecule has 3 N–H and O–H groups in total. The van der Waals surface area contributed by atoms with Crippen LogP contribution in [0.15, 0.2) is 46.9 Å². The minimum absolute atomic E-state index is 0.0841. The van der Waals surface area contributed by atoms with Gasteiger partial charge in [0.25, 0.3) is 0 Å². The lowest BCUT2D eigenvalue weighted by atomic mass is 10.2. The van der Waals surface area contributed by atoms with Gasteiger partial charge in [-0.2, -0.15) is 0 Å². The summed E-state index contributed by atoms with van der Waals surface area (Å²) in [6, 6.07) is 12.2. The van der Waals surface area contributed by atoms with E-state index >= 15 is 0 Å². The Morgan fingerprint density at radius 2 is 1.80 bits per heavy atom. The molecule has 0 saturated carbocycles. The summed E-state index contributed by atoms with van der Waals surface area (Å²) in [6.45, 7) is 1.85. The fourth-order valence-corrected chi connectivity index (χ4v) is 3.38. The molecule has 106 valence electrons. The van der Waals surface area contributed by atoms with E-state index in [4.69, 9.17) is 5.73 Å². The highest BCUT2D eigenvalue weighted by molar-refractivity contribution is 9.10. The van der Waals surface area contributed by atoms with Gasteiger partial charge in [-0.05, 0) is 42.3 Å². The van der Waals surface area contributed by atoms with Crippen LogP contribution in [0.5, 0.6) is 0 Å². The van der Waals surface area contributed by atoms with Gasteiger partial charge in [0.05, 0.1) is 11.4 Å². The smallest absolute Gasteiger partial charge is 0.236 e. The van der Waals surface area contributed by atoms with Crippen molar-refractivity contribution >= 4 is 37.3 Å². The molecular formula is C14H15BrN2O2S. The van der Waals surface area contributed by atoms with E-state index < -0.39 is 10.0 Å². The van der Waals surface area contributed by atoms with Crippen LogP contribution in [-0.2, 0) is 15.8 Å². The summed E-state index contributed by atoms with van der Waals surface area (Å²) < 4.78 is 27.8. The van der Waals surface area contributed by atoms with Gasteiger partial charge < -0.3 is 5.73 Å². The first-order valence-corrected chi connectivity index (χ1v) is 8.42. The highest BCUT2D eigenvalue weighted by Gasteiger charge is 2.13. The van der Waals surface area contributed by atoms with E-state index in [0.29, 0.717) is 16.9 Å². The SMILES string of the molecule is Cc1c(Br)cccc1NS(=O)(=O)Cc1ccc(N)cc1. The second kappa shape index (κ2) is 5.85. The molecule has 0 fully saturated rings. The van der Waals surface area contributed by atoms with Crippen molar-refractivity contribution in [2.45, 2.75) is 12.7 Å². The molecule has 0 aliphatic carbocycles. The maximum atomic E-state index is 12.2. The van der Waals surface area contributed by atoms with Crippen molar-refractivity contribution in [3.8, 4) is 0 Å². The Kier molecular flexibility index (Phi) is 4.35. The van der Waals surface area contributed by atoms with E-state index in [1.807, 2.05) is 13.0 Å². The van der Waals surface area contributed by atoms with Gasteiger partial charge in [-0.15, -0.1) is 0 Å². The molecule has 0 aromatic heterocycles. The van der Waals surface area contributed by atoms with E-state index in [2.05, 4.69) is 20.7 Å². The fraction of sp³-hybridized carbons (Fsp3) is 0.143. The van der Waals surface area contributed by atoms with E-state index in [-0.39, 0.29) is 5.75 Å². The van der Waals surface area contributed by atoms with Crippen molar-refractivity contribution < 1.29 is 8.42 Å². The minimum Gasteiger partial charge on any atom is -0.399 e. The molecule has 0 unspecified atom stereocenters. The van der Waals surface area contributed by atoms with E-state index in [9.17, 15) is 8.42 Å². The van der Waals surface area contributed by atoms with E-state index in [1.165, 1.54) is 0 Å². The molecule has 4 nitrogen and oxygen atoms in total. The first-order valence-electron chi connectivity index (χ1n) is 5.97. The number of rotatable bonds is 4. The van der Waals surface area contributed by atoms with Crippen molar-refractivity contribution in [2.24, 2.45) is 0 Å². The number of nitrogens with one attached hydrogen (secondary N) is 1. The number of halogens is 1. The second-order valence-corrected chi connectivity index (χ2v) is 7.09. The molecule has 2 aromatic rings. The van der Waals surface area contributed by atoms with Gasteiger partial charge in [0.2, 0.25) is 10.0 Å². The largest absolute Gasteiger partial charge is 0.399 e. The van der Waals surface area contributed by atoms with Gasteiger partial charge in [0.15, 0.2) is 0 Å². The average molecular weight is 355 g/mol. The summed E-state index contributed by atoms with van der Waals surface area (Å²) in [5.74, 6) is -0.0841. The molecular weight excluding hydrogens is 340 g/mol. The number of anilines is 2. The molecule has 2 aromatic carbocycles. The van der Waals surface area contributed by atoms with Crippen molar-refractivity contribution in [3.05, 3.63) is 58.1 Å². The lowest BCUT2D eigenvalue weighted by molar-refractivity contribution is 0.600. The van der Waals surface area contributed by atoms with Gasteiger partial charge in [0, 0.05) is 10.2 Å². The average Bonchev–Trinajstić information content (AvgIpc) is 2.37. The predicted octanol–water partition coefficient (Wildman–Crippen LogP) is 3.28. The summed E-state index contributed by atoms with van der Waals surface area (Å²) >= 11 is 3.38. The molecule has 0 heterocycles. The summed E-state index contributed by atoms with van der Waals surface area (Å²) in [4.78, 5) is 0. The summed E-state index contributed by atoms with van der Waals surface area (Å²) in [7, 11) is -3.45. The first-order chi connectivity index (χ1) is 9.37. The van der Waals surface area contributed by atoms with Gasteiger partial charge in [-0.1, -0.05) is 34.1 Å². The summed E-state index contributed by atoms with van der Waals surface area (Å²) in [6.07, 6.45) is 0. The normalized spacial score (nSPS) is 11.3. The van der Waals surface area contributed by atoms with Crippen LogP contribution in [-0.4, -0.2) is 8.42 Å². The molecule has 0 radical (unpaired) electrons. The molecule has 0 bridgehead atoms. The quantitative estimate of drug-likeness (QED) is 0.827. The lowest BCUT2D eigenvalue weighted by Crippen LogP contribution is -2.15. The minimum atomic E-state index is -3.45. The Labute approximate surface area is 127 Å². The summed E-state index contributed by atoms with van der Waals surface area (Å²) in [5.41, 5.74) is 8.32. The maximum Gasteiger partial charge on any atom is 0.236 e. The third-order valence-corrected chi connectivity index (χ3v) is 4.97. The summed E-state index contributed by atoms with van der Waals surface area (Å²) in [5, 5.41) is 0. The molecule has 0 saturated heterocycles. The zero-order valence-electron chi connectivity index (χ0n) is 10.9. The van der Waals surface area contributed by atoms with Crippen LogP contribution in [0.2, 0.25) is 0 Å². The number of sulfonamides is 1. The molecule has 0 amide bonds. The Hall–Kier alpha value is -1.53. The van der Waals surface area contributed by atoms with Crippen LogP contribution < -0.4 is 10.5 Å². The monoisotopic (exact) mass is 354 g/mol. The Balaban J connectivity index is 2.19. The van der Waals surface area contributed by atoms with Crippen molar-refractivity contribution in [2.75, 3.05) is 10.5 Å². The lowest BCUT2D eigenvalue weighted by Gasteiger charge is -2.11. The predicted molar refractivity (Wildman–Crippen MR) is 86.0 cm³/mol.